The zero-order valence-electron chi connectivity index (χ0n) is 13.1. The van der Waals surface area contributed by atoms with E-state index < -0.39 is 8.24 Å². The Bertz CT molecular complexity index is 302. The summed E-state index contributed by atoms with van der Waals surface area (Å²) in [5.41, 5.74) is 2.67. The molecule has 0 aliphatic heterocycles. The number of hydrogen-bond donors (Lipinski definition) is 0. The molecule has 0 bridgehead atoms. The number of hydrogen-bond acceptors (Lipinski definition) is 1. The summed E-state index contributed by atoms with van der Waals surface area (Å²) in [6.07, 6.45) is 7.61. The molecule has 0 aliphatic rings. The highest BCUT2D eigenvalue weighted by atomic mass is 28.3. The molecule has 0 aliphatic carbocycles. The molecular formula is C16H31NSi. The Morgan fingerprint density at radius 1 is 1.33 bits per heavy atom. The van der Waals surface area contributed by atoms with Crippen LogP contribution in [0.15, 0.2) is 36.5 Å². The zero-order valence-corrected chi connectivity index (χ0v) is 14.1. The third-order valence-corrected chi connectivity index (χ3v) is 7.26. The minimum absolute atomic E-state index is 1.04. The molecule has 18 heavy (non-hydrogen) atoms. The van der Waals surface area contributed by atoms with Gasteiger partial charge in [0.05, 0.1) is 0 Å². The van der Waals surface area contributed by atoms with Crippen molar-refractivity contribution in [1.82, 2.24) is 4.57 Å². The summed E-state index contributed by atoms with van der Waals surface area (Å²) in [4.78, 5) is 0. The standard InChI is InChI=1S/C16H31NSi/c1-8-13-17(5)18(6,7)14-16(4)12-10-11-15(3)9-2/h9,12H,2-3,8,10-11,13-14H2,1,4-7H3/b16-12-. The van der Waals surface area contributed by atoms with E-state index >= 15 is 0 Å². The zero-order chi connectivity index (χ0) is 14.2. The van der Waals surface area contributed by atoms with Gasteiger partial charge in [-0.3, -0.25) is 0 Å². The van der Waals surface area contributed by atoms with Crippen molar-refractivity contribution in [2.24, 2.45) is 0 Å². The molecule has 0 aromatic carbocycles. The van der Waals surface area contributed by atoms with Crippen LogP contribution in [-0.2, 0) is 0 Å². The largest absolute Gasteiger partial charge is 0.326 e. The first-order valence-electron chi connectivity index (χ1n) is 7.00. The second-order valence-corrected chi connectivity index (χ2v) is 10.6. The van der Waals surface area contributed by atoms with Gasteiger partial charge in [0.2, 0.25) is 0 Å². The van der Waals surface area contributed by atoms with Crippen LogP contribution in [0.3, 0.4) is 0 Å². The van der Waals surface area contributed by atoms with Crippen molar-refractivity contribution in [2.45, 2.75) is 52.2 Å². The smallest absolute Gasteiger partial charge is 0.125 e. The van der Waals surface area contributed by atoms with Crippen molar-refractivity contribution in [3.8, 4) is 0 Å². The van der Waals surface area contributed by atoms with E-state index in [1.54, 1.807) is 0 Å². The first kappa shape index (κ1) is 17.4. The Labute approximate surface area is 115 Å². The maximum Gasteiger partial charge on any atom is 0.125 e. The van der Waals surface area contributed by atoms with Crippen molar-refractivity contribution in [1.29, 1.82) is 0 Å². The summed E-state index contributed by atoms with van der Waals surface area (Å²) in [6.45, 7) is 18.4. The van der Waals surface area contributed by atoms with Crippen LogP contribution >= 0.6 is 0 Å². The van der Waals surface area contributed by atoms with Gasteiger partial charge in [0, 0.05) is 0 Å². The fourth-order valence-corrected chi connectivity index (χ4v) is 4.74. The van der Waals surface area contributed by atoms with Gasteiger partial charge in [-0.2, -0.15) is 0 Å². The average Bonchev–Trinajstić information content (AvgIpc) is 2.28. The Morgan fingerprint density at radius 3 is 2.44 bits per heavy atom. The van der Waals surface area contributed by atoms with Crippen LogP contribution in [0.2, 0.25) is 19.1 Å². The van der Waals surface area contributed by atoms with E-state index in [-0.39, 0.29) is 0 Å². The Hall–Kier alpha value is -0.603. The predicted octanol–water partition coefficient (Wildman–Crippen LogP) is 5.00. The first-order chi connectivity index (χ1) is 8.33. The maximum atomic E-state index is 3.95. The SMILES string of the molecule is C=CC(=C)CC/C=C(/C)C[Si](C)(C)N(C)CCC. The third kappa shape index (κ3) is 6.97. The van der Waals surface area contributed by atoms with Gasteiger partial charge >= 0.3 is 0 Å². The van der Waals surface area contributed by atoms with Crippen LogP contribution in [0.25, 0.3) is 0 Å². The van der Waals surface area contributed by atoms with E-state index in [0.29, 0.717) is 0 Å². The van der Waals surface area contributed by atoms with E-state index in [1.165, 1.54) is 24.6 Å². The molecular weight excluding hydrogens is 234 g/mol. The molecule has 0 spiro atoms. The number of nitrogens with zero attached hydrogens (tertiary/aromatic N) is 1. The molecule has 2 heteroatoms. The second kappa shape index (κ2) is 8.49. The van der Waals surface area contributed by atoms with Crippen molar-refractivity contribution >= 4 is 8.24 Å². The summed E-state index contributed by atoms with van der Waals surface area (Å²) >= 11 is 0. The molecule has 0 aromatic rings. The highest BCUT2D eigenvalue weighted by molar-refractivity contribution is 6.75. The van der Waals surface area contributed by atoms with Crippen molar-refractivity contribution in [3.05, 3.63) is 36.5 Å². The van der Waals surface area contributed by atoms with E-state index in [4.69, 9.17) is 0 Å². The van der Waals surface area contributed by atoms with Crippen LogP contribution in [0.1, 0.15) is 33.1 Å². The first-order valence-corrected chi connectivity index (χ1v) is 10.2. The normalized spacial score (nSPS) is 12.9. The van der Waals surface area contributed by atoms with Crippen LogP contribution < -0.4 is 0 Å². The Kier molecular flexibility index (Phi) is 8.21. The van der Waals surface area contributed by atoms with E-state index in [9.17, 15) is 0 Å². The lowest BCUT2D eigenvalue weighted by Crippen LogP contribution is -2.46. The lowest BCUT2D eigenvalue weighted by Gasteiger charge is -2.34. The highest BCUT2D eigenvalue weighted by Gasteiger charge is 2.25. The summed E-state index contributed by atoms with van der Waals surface area (Å²) in [7, 11) is 1.03. The van der Waals surface area contributed by atoms with Crippen LogP contribution in [0.5, 0.6) is 0 Å². The van der Waals surface area contributed by atoms with Crippen LogP contribution in [0, 0.1) is 0 Å². The minimum Gasteiger partial charge on any atom is -0.326 e. The molecule has 1 nitrogen and oxygen atoms in total. The molecule has 104 valence electrons. The Balaban J connectivity index is 4.27. The van der Waals surface area contributed by atoms with Crippen molar-refractivity contribution < 1.29 is 0 Å². The highest BCUT2D eigenvalue weighted by Crippen LogP contribution is 2.20. The molecule has 0 saturated carbocycles. The van der Waals surface area contributed by atoms with Gasteiger partial charge in [-0.1, -0.05) is 56.5 Å². The quantitative estimate of drug-likeness (QED) is 0.322. The molecule has 0 unspecified atom stereocenters. The lowest BCUT2D eigenvalue weighted by molar-refractivity contribution is 0.501. The van der Waals surface area contributed by atoms with Crippen LogP contribution in [0.4, 0.5) is 0 Å². The number of allylic oxidation sites excluding steroid dienone is 4. The van der Waals surface area contributed by atoms with Gasteiger partial charge in [-0.05, 0) is 45.8 Å². The van der Waals surface area contributed by atoms with Gasteiger partial charge in [-0.25, -0.2) is 0 Å². The van der Waals surface area contributed by atoms with E-state index in [0.717, 1.165) is 18.4 Å². The summed E-state index contributed by atoms with van der Waals surface area (Å²) < 4.78 is 2.59. The number of rotatable bonds is 9. The molecule has 0 heterocycles. The Morgan fingerprint density at radius 2 is 1.94 bits per heavy atom. The molecule has 0 N–H and O–H groups in total. The molecule has 0 atom stereocenters. The van der Waals surface area contributed by atoms with E-state index in [1.807, 2.05) is 6.08 Å². The summed E-state index contributed by atoms with van der Waals surface area (Å²) in [5.74, 6) is 0. The molecule has 0 aromatic heterocycles. The predicted molar refractivity (Wildman–Crippen MR) is 87.5 cm³/mol. The third-order valence-electron chi connectivity index (χ3n) is 3.55. The van der Waals surface area contributed by atoms with Crippen LogP contribution in [-0.4, -0.2) is 26.4 Å². The molecule has 0 rings (SSSR count). The second-order valence-electron chi connectivity index (χ2n) is 5.86. The lowest BCUT2D eigenvalue weighted by atomic mass is 10.1. The molecule has 0 fully saturated rings. The molecule has 0 radical (unpaired) electrons. The van der Waals surface area contributed by atoms with Gasteiger partial charge in [0.1, 0.15) is 8.24 Å². The maximum absolute atomic E-state index is 3.95. The van der Waals surface area contributed by atoms with Crippen molar-refractivity contribution in [3.63, 3.8) is 0 Å². The molecule has 0 saturated heterocycles. The molecule has 0 amide bonds. The fourth-order valence-electron chi connectivity index (χ4n) is 2.13. The van der Waals surface area contributed by atoms with Gasteiger partial charge in [-0.15, -0.1) is 0 Å². The minimum atomic E-state index is -1.25. The summed E-state index contributed by atoms with van der Waals surface area (Å²) in [6, 6.07) is 1.27. The van der Waals surface area contributed by atoms with E-state index in [2.05, 4.69) is 57.8 Å². The average molecular weight is 266 g/mol. The van der Waals surface area contributed by atoms with Gasteiger partial charge in [0.25, 0.3) is 0 Å². The monoisotopic (exact) mass is 265 g/mol. The fraction of sp³-hybridized carbons (Fsp3) is 0.625. The van der Waals surface area contributed by atoms with Gasteiger partial charge in [0.15, 0.2) is 0 Å². The van der Waals surface area contributed by atoms with Gasteiger partial charge < -0.3 is 4.57 Å². The summed E-state index contributed by atoms with van der Waals surface area (Å²) in [5, 5.41) is 0. The van der Waals surface area contributed by atoms with Crippen molar-refractivity contribution in [2.75, 3.05) is 13.6 Å². The topological polar surface area (TPSA) is 3.24 Å².